The number of methoxy groups -OCH3 is 2. The van der Waals surface area contributed by atoms with Crippen LogP contribution in [0.15, 0.2) is 24.3 Å². The highest BCUT2D eigenvalue weighted by atomic mass is 28.2. The molecule has 0 aliphatic heterocycles. The fourth-order valence-electron chi connectivity index (χ4n) is 1.35. The Kier molecular flexibility index (Phi) is 5.38. The van der Waals surface area contributed by atoms with E-state index in [9.17, 15) is 0 Å². The third-order valence-electron chi connectivity index (χ3n) is 2.19. The van der Waals surface area contributed by atoms with Crippen molar-refractivity contribution in [2.75, 3.05) is 20.0 Å². The van der Waals surface area contributed by atoms with Crippen LogP contribution in [0.1, 0.15) is 5.56 Å². The fourth-order valence-corrected chi connectivity index (χ4v) is 2.33. The van der Waals surface area contributed by atoms with E-state index in [0.717, 1.165) is 18.2 Å². The summed E-state index contributed by atoms with van der Waals surface area (Å²) in [5.41, 5.74) is 7.92. The first-order valence-corrected chi connectivity index (χ1v) is 6.18. The second kappa shape index (κ2) is 6.61. The quantitative estimate of drug-likeness (QED) is 0.452. The van der Waals surface area contributed by atoms with E-state index in [-0.39, 0.29) is 5.91 Å². The van der Waals surface area contributed by atoms with Gasteiger partial charge in [-0.2, -0.15) is 0 Å². The molecule has 82 valence electrons. The van der Waals surface area contributed by atoms with Crippen LogP contribution in [0, 0.1) is 0 Å². The average Bonchev–Trinajstić information content (AvgIpc) is 2.27. The van der Waals surface area contributed by atoms with Crippen molar-refractivity contribution < 1.29 is 9.47 Å². The van der Waals surface area contributed by atoms with Crippen LogP contribution in [0.5, 0.6) is 0 Å². The molecule has 0 unspecified atom stereocenters. The molecule has 0 bridgehead atoms. The number of hydrogen-bond acceptors (Lipinski definition) is 3. The van der Waals surface area contributed by atoms with Gasteiger partial charge in [-0.05, 0) is 18.1 Å². The van der Waals surface area contributed by atoms with Crippen LogP contribution in [0.3, 0.4) is 0 Å². The number of ether oxygens (including phenoxy) is 2. The van der Waals surface area contributed by atoms with Gasteiger partial charge in [0.1, 0.15) is 15.4 Å². The maximum atomic E-state index is 5.84. The van der Waals surface area contributed by atoms with E-state index >= 15 is 0 Å². The minimum absolute atomic E-state index is 0.0741. The van der Waals surface area contributed by atoms with Gasteiger partial charge >= 0.3 is 0 Å². The highest BCUT2D eigenvalue weighted by molar-refractivity contribution is 6.36. The first-order valence-electron chi connectivity index (χ1n) is 4.90. The van der Waals surface area contributed by atoms with E-state index in [4.69, 9.17) is 15.2 Å². The Bertz CT molecular complexity index is 290. The van der Waals surface area contributed by atoms with Crippen LogP contribution >= 0.6 is 0 Å². The molecule has 2 radical (unpaired) electrons. The van der Waals surface area contributed by atoms with E-state index in [1.165, 1.54) is 5.56 Å². The maximum Gasteiger partial charge on any atom is 0.136 e. The van der Waals surface area contributed by atoms with Crippen LogP contribution in [-0.4, -0.2) is 29.7 Å². The second-order valence-electron chi connectivity index (χ2n) is 3.21. The highest BCUT2D eigenvalue weighted by Crippen LogP contribution is 2.12. The SMILES string of the molecule is COC(OC)[Si]CCc1ccccc1N. The molecule has 0 heterocycles. The molecule has 0 fully saturated rings. The summed E-state index contributed by atoms with van der Waals surface area (Å²) >= 11 is 0. The first kappa shape index (κ1) is 12.2. The fraction of sp³-hybridized carbons (Fsp3) is 0.455. The van der Waals surface area contributed by atoms with Crippen molar-refractivity contribution in [2.45, 2.75) is 18.4 Å². The summed E-state index contributed by atoms with van der Waals surface area (Å²) in [4.78, 5) is 0. The predicted molar refractivity (Wildman–Crippen MR) is 62.9 cm³/mol. The van der Waals surface area contributed by atoms with Gasteiger partial charge in [-0.25, -0.2) is 0 Å². The zero-order valence-corrected chi connectivity index (χ0v) is 10.2. The topological polar surface area (TPSA) is 44.5 Å². The van der Waals surface area contributed by atoms with Gasteiger partial charge in [0.15, 0.2) is 0 Å². The second-order valence-corrected chi connectivity index (χ2v) is 4.59. The maximum absolute atomic E-state index is 5.84. The predicted octanol–water partition coefficient (Wildman–Crippen LogP) is 1.51. The van der Waals surface area contributed by atoms with Crippen LogP contribution in [-0.2, 0) is 15.9 Å². The molecule has 1 aromatic rings. The molecule has 3 nitrogen and oxygen atoms in total. The number of hydrogen-bond donors (Lipinski definition) is 1. The van der Waals surface area contributed by atoms with Crippen molar-refractivity contribution in [2.24, 2.45) is 0 Å². The van der Waals surface area contributed by atoms with Crippen molar-refractivity contribution in [3.05, 3.63) is 29.8 Å². The van der Waals surface area contributed by atoms with Crippen molar-refractivity contribution in [3.63, 3.8) is 0 Å². The number of nitrogen functional groups attached to an aromatic ring is 1. The molecule has 0 aliphatic rings. The third kappa shape index (κ3) is 4.03. The molecule has 1 rings (SSSR count). The van der Waals surface area contributed by atoms with Gasteiger partial charge in [-0.3, -0.25) is 0 Å². The number of para-hydroxylation sites is 1. The number of nitrogens with two attached hydrogens (primary N) is 1. The molecule has 15 heavy (non-hydrogen) atoms. The summed E-state index contributed by atoms with van der Waals surface area (Å²) in [6.07, 6.45) is 0.980. The number of aryl methyl sites for hydroxylation is 1. The Hall–Kier alpha value is -0.843. The molecular weight excluding hydrogens is 206 g/mol. The Labute approximate surface area is 93.4 Å². The third-order valence-corrected chi connectivity index (χ3v) is 3.53. The molecule has 4 heteroatoms. The highest BCUT2D eigenvalue weighted by Gasteiger charge is 2.06. The first-order chi connectivity index (χ1) is 7.27. The summed E-state index contributed by atoms with van der Waals surface area (Å²) in [6.45, 7) is 0. The average molecular weight is 223 g/mol. The molecule has 0 aromatic heterocycles. The van der Waals surface area contributed by atoms with Crippen LogP contribution < -0.4 is 5.73 Å². The lowest BCUT2D eigenvalue weighted by molar-refractivity contribution is -0.0440. The summed E-state index contributed by atoms with van der Waals surface area (Å²) in [5, 5.41) is 0. The lowest BCUT2D eigenvalue weighted by Crippen LogP contribution is -2.21. The van der Waals surface area contributed by atoms with Crippen molar-refractivity contribution >= 4 is 15.2 Å². The molecule has 0 saturated carbocycles. The van der Waals surface area contributed by atoms with E-state index in [1.54, 1.807) is 14.2 Å². The van der Waals surface area contributed by atoms with E-state index in [1.807, 2.05) is 18.2 Å². The van der Waals surface area contributed by atoms with Gasteiger partial charge in [0.25, 0.3) is 0 Å². The zero-order chi connectivity index (χ0) is 11.1. The standard InChI is InChI=1S/C11H17NO2Si/c1-13-11(14-2)15-8-7-9-5-3-4-6-10(9)12/h3-6,11H,7-8,12H2,1-2H3. The minimum atomic E-state index is -0.0741. The molecular formula is C11H17NO2Si. The van der Waals surface area contributed by atoms with Gasteiger partial charge in [0.05, 0.1) is 0 Å². The van der Waals surface area contributed by atoms with Gasteiger partial charge in [-0.1, -0.05) is 24.2 Å². The van der Waals surface area contributed by atoms with Crippen LogP contribution in [0.4, 0.5) is 5.69 Å². The van der Waals surface area contributed by atoms with Gasteiger partial charge in [0, 0.05) is 19.9 Å². The van der Waals surface area contributed by atoms with Gasteiger partial charge in [0.2, 0.25) is 0 Å². The van der Waals surface area contributed by atoms with Gasteiger partial charge < -0.3 is 15.2 Å². The number of benzene rings is 1. The minimum Gasteiger partial charge on any atom is -0.399 e. The molecule has 0 spiro atoms. The summed E-state index contributed by atoms with van der Waals surface area (Å²) in [6, 6.07) is 9.00. The van der Waals surface area contributed by atoms with Crippen molar-refractivity contribution in [3.8, 4) is 0 Å². The normalized spacial score (nSPS) is 10.9. The smallest absolute Gasteiger partial charge is 0.136 e. The lowest BCUT2D eigenvalue weighted by atomic mass is 10.1. The van der Waals surface area contributed by atoms with Crippen molar-refractivity contribution in [1.82, 2.24) is 0 Å². The number of rotatable bonds is 6. The Morgan fingerprint density at radius 3 is 2.53 bits per heavy atom. The largest absolute Gasteiger partial charge is 0.399 e. The van der Waals surface area contributed by atoms with E-state index in [2.05, 4.69) is 6.07 Å². The Morgan fingerprint density at radius 1 is 1.27 bits per heavy atom. The Morgan fingerprint density at radius 2 is 1.93 bits per heavy atom. The number of anilines is 1. The molecule has 0 aliphatic carbocycles. The molecule has 1 aromatic carbocycles. The Balaban J connectivity index is 2.34. The molecule has 2 N–H and O–H groups in total. The lowest BCUT2D eigenvalue weighted by Gasteiger charge is -2.12. The van der Waals surface area contributed by atoms with Crippen LogP contribution in [0.2, 0.25) is 6.04 Å². The summed E-state index contributed by atoms with van der Waals surface area (Å²) in [7, 11) is 3.97. The molecule has 0 saturated heterocycles. The summed E-state index contributed by atoms with van der Waals surface area (Å²) < 4.78 is 10.3. The zero-order valence-electron chi connectivity index (χ0n) is 9.19. The van der Waals surface area contributed by atoms with Gasteiger partial charge in [-0.15, -0.1) is 0 Å². The van der Waals surface area contributed by atoms with E-state index in [0.29, 0.717) is 9.52 Å². The van der Waals surface area contributed by atoms with Crippen molar-refractivity contribution in [1.29, 1.82) is 0 Å². The van der Waals surface area contributed by atoms with E-state index < -0.39 is 0 Å². The monoisotopic (exact) mass is 223 g/mol. The summed E-state index contributed by atoms with van der Waals surface area (Å²) in [5.74, 6) is -0.0741. The van der Waals surface area contributed by atoms with Crippen LogP contribution in [0.25, 0.3) is 0 Å². The molecule has 0 amide bonds. The molecule has 0 atom stereocenters.